The Morgan fingerprint density at radius 1 is 1.00 bits per heavy atom. The number of rotatable bonds is 7. The maximum atomic E-state index is 12.5. The molecule has 4 aliphatic rings. The molecule has 39 heavy (non-hydrogen) atoms. The lowest BCUT2D eigenvalue weighted by molar-refractivity contribution is -0.210. The molecular formula is C33H56O6. The zero-order chi connectivity index (χ0) is 28.9. The van der Waals surface area contributed by atoms with Gasteiger partial charge in [0, 0.05) is 6.42 Å². The standard InChI is InChI=1S/C33H56O6/c1-9-19(2)30(37)38-22-14-15-32(7)21(16-22)17-26(34)29-24-12-11-23(33(24,8)27(35)18-25(29)32)20(3)10-13-28(36)39-31(4,5)6/h19-27,29,34-35H,9-18H2,1-8H3. The fourth-order valence-corrected chi connectivity index (χ4v) is 9.61. The highest BCUT2D eigenvalue weighted by Crippen LogP contribution is 2.68. The highest BCUT2D eigenvalue weighted by Gasteiger charge is 2.65. The number of fused-ring (bicyclic) bond motifs is 5. The fourth-order valence-electron chi connectivity index (χ4n) is 9.61. The van der Waals surface area contributed by atoms with Gasteiger partial charge in [0.05, 0.1) is 18.1 Å². The van der Waals surface area contributed by atoms with Crippen LogP contribution in [0.15, 0.2) is 0 Å². The third-order valence-corrected chi connectivity index (χ3v) is 12.0. The minimum atomic E-state index is -0.473. The molecule has 4 aliphatic carbocycles. The Hall–Kier alpha value is -1.14. The average Bonchev–Trinajstić information content (AvgIpc) is 3.21. The van der Waals surface area contributed by atoms with Gasteiger partial charge >= 0.3 is 11.9 Å². The van der Waals surface area contributed by atoms with Gasteiger partial charge in [0.2, 0.25) is 0 Å². The van der Waals surface area contributed by atoms with Crippen LogP contribution in [-0.2, 0) is 19.1 Å². The first-order valence-electron chi connectivity index (χ1n) is 15.9. The molecule has 4 rings (SSSR count). The van der Waals surface area contributed by atoms with Crippen LogP contribution in [-0.4, -0.2) is 46.1 Å². The topological polar surface area (TPSA) is 93.1 Å². The quantitative estimate of drug-likeness (QED) is 0.363. The summed E-state index contributed by atoms with van der Waals surface area (Å²) in [6.45, 7) is 16.5. The third-order valence-electron chi connectivity index (χ3n) is 12.0. The molecule has 6 heteroatoms. The summed E-state index contributed by atoms with van der Waals surface area (Å²) in [5, 5.41) is 23.5. The van der Waals surface area contributed by atoms with E-state index in [0.29, 0.717) is 24.2 Å². The summed E-state index contributed by atoms with van der Waals surface area (Å²) in [5.74, 6) is 1.38. The van der Waals surface area contributed by atoms with E-state index in [1.54, 1.807) is 0 Å². The third kappa shape index (κ3) is 5.80. The van der Waals surface area contributed by atoms with Crippen molar-refractivity contribution >= 4 is 11.9 Å². The summed E-state index contributed by atoms with van der Waals surface area (Å²) in [6.07, 6.45) is 7.33. The summed E-state index contributed by atoms with van der Waals surface area (Å²) in [6, 6.07) is 0. The van der Waals surface area contributed by atoms with Gasteiger partial charge in [0.1, 0.15) is 11.7 Å². The molecule has 0 bridgehead atoms. The second kappa shape index (κ2) is 11.3. The van der Waals surface area contributed by atoms with Crippen LogP contribution in [0, 0.1) is 52.3 Å². The molecule has 0 heterocycles. The molecule has 4 saturated carbocycles. The first-order valence-corrected chi connectivity index (χ1v) is 15.9. The zero-order valence-electron chi connectivity index (χ0n) is 25.9. The van der Waals surface area contributed by atoms with Crippen LogP contribution in [0.25, 0.3) is 0 Å². The highest BCUT2D eigenvalue weighted by atomic mass is 16.6. The Balaban J connectivity index is 1.46. The lowest BCUT2D eigenvalue weighted by atomic mass is 9.43. The van der Waals surface area contributed by atoms with Gasteiger partial charge < -0.3 is 19.7 Å². The van der Waals surface area contributed by atoms with Crippen LogP contribution >= 0.6 is 0 Å². The molecular weight excluding hydrogens is 492 g/mol. The highest BCUT2D eigenvalue weighted by molar-refractivity contribution is 5.72. The predicted molar refractivity (Wildman–Crippen MR) is 152 cm³/mol. The van der Waals surface area contributed by atoms with E-state index in [-0.39, 0.29) is 58.6 Å². The second-order valence-electron chi connectivity index (χ2n) is 15.3. The van der Waals surface area contributed by atoms with Gasteiger partial charge in [0.15, 0.2) is 0 Å². The normalized spacial score (nSPS) is 43.4. The van der Waals surface area contributed by atoms with Gasteiger partial charge in [0.25, 0.3) is 0 Å². The number of carbonyl (C=O) groups is 2. The molecule has 0 aliphatic heterocycles. The first kappa shape index (κ1) is 30.8. The number of aliphatic hydroxyl groups is 2. The molecule has 12 atom stereocenters. The van der Waals surface area contributed by atoms with Crippen LogP contribution in [0.3, 0.4) is 0 Å². The molecule has 6 nitrogen and oxygen atoms in total. The van der Waals surface area contributed by atoms with Gasteiger partial charge in [-0.15, -0.1) is 0 Å². The van der Waals surface area contributed by atoms with E-state index in [2.05, 4.69) is 20.8 Å². The van der Waals surface area contributed by atoms with Crippen molar-refractivity contribution < 1.29 is 29.3 Å². The van der Waals surface area contributed by atoms with Crippen LogP contribution in [0.1, 0.15) is 120 Å². The van der Waals surface area contributed by atoms with Crippen molar-refractivity contribution in [1.29, 1.82) is 0 Å². The van der Waals surface area contributed by atoms with Gasteiger partial charge in [-0.2, -0.15) is 0 Å². The van der Waals surface area contributed by atoms with E-state index >= 15 is 0 Å². The summed E-state index contributed by atoms with van der Waals surface area (Å²) < 4.78 is 11.5. The Morgan fingerprint density at radius 3 is 2.33 bits per heavy atom. The molecule has 12 unspecified atom stereocenters. The molecule has 224 valence electrons. The molecule has 0 saturated heterocycles. The van der Waals surface area contributed by atoms with Crippen molar-refractivity contribution in [2.45, 2.75) is 144 Å². The van der Waals surface area contributed by atoms with Gasteiger partial charge in [-0.25, -0.2) is 0 Å². The van der Waals surface area contributed by atoms with Crippen molar-refractivity contribution in [2.24, 2.45) is 52.3 Å². The first-order chi connectivity index (χ1) is 18.1. The van der Waals surface area contributed by atoms with Crippen molar-refractivity contribution in [1.82, 2.24) is 0 Å². The Kier molecular flexibility index (Phi) is 8.90. The van der Waals surface area contributed by atoms with Crippen LogP contribution in [0.5, 0.6) is 0 Å². The summed E-state index contributed by atoms with van der Waals surface area (Å²) in [5.41, 5.74) is -0.674. The average molecular weight is 549 g/mol. The molecule has 0 aromatic rings. The van der Waals surface area contributed by atoms with Crippen LogP contribution in [0.4, 0.5) is 0 Å². The maximum absolute atomic E-state index is 12.5. The number of esters is 2. The van der Waals surface area contributed by atoms with Gasteiger partial charge in [-0.1, -0.05) is 34.6 Å². The van der Waals surface area contributed by atoms with E-state index in [4.69, 9.17) is 9.47 Å². The van der Waals surface area contributed by atoms with Crippen molar-refractivity contribution in [3.63, 3.8) is 0 Å². The predicted octanol–water partition coefficient (Wildman–Crippen LogP) is 6.30. The number of hydrogen-bond acceptors (Lipinski definition) is 6. The van der Waals surface area contributed by atoms with E-state index in [9.17, 15) is 19.8 Å². The van der Waals surface area contributed by atoms with Gasteiger partial charge in [-0.05, 0) is 125 Å². The molecule has 4 fully saturated rings. The molecule has 2 N–H and O–H groups in total. The van der Waals surface area contributed by atoms with E-state index < -0.39 is 11.7 Å². The molecule has 0 aromatic heterocycles. The maximum Gasteiger partial charge on any atom is 0.308 e. The number of carbonyl (C=O) groups excluding carboxylic acids is 2. The van der Waals surface area contributed by atoms with E-state index in [1.165, 1.54) is 0 Å². The molecule has 0 aromatic carbocycles. The number of aliphatic hydroxyl groups excluding tert-OH is 2. The molecule has 0 radical (unpaired) electrons. The van der Waals surface area contributed by atoms with Gasteiger partial charge in [-0.3, -0.25) is 9.59 Å². The second-order valence-corrected chi connectivity index (χ2v) is 15.3. The van der Waals surface area contributed by atoms with E-state index in [0.717, 1.165) is 57.8 Å². The molecule has 0 amide bonds. The number of hydrogen-bond donors (Lipinski definition) is 2. The van der Waals surface area contributed by atoms with Crippen molar-refractivity contribution in [3.05, 3.63) is 0 Å². The SMILES string of the molecule is CCC(C)C(=O)OC1CCC2(C)C(C1)CC(O)C1C2CC(O)C2(C)C(C(C)CCC(=O)OC(C)(C)C)CCC12. The Bertz CT molecular complexity index is 895. The summed E-state index contributed by atoms with van der Waals surface area (Å²) in [7, 11) is 0. The van der Waals surface area contributed by atoms with Crippen molar-refractivity contribution in [3.8, 4) is 0 Å². The fraction of sp³-hybridized carbons (Fsp3) is 0.939. The molecule has 0 spiro atoms. The lowest BCUT2D eigenvalue weighted by Crippen LogP contribution is -2.62. The lowest BCUT2D eigenvalue weighted by Gasteiger charge is -2.63. The summed E-state index contributed by atoms with van der Waals surface area (Å²) >= 11 is 0. The van der Waals surface area contributed by atoms with Crippen LogP contribution < -0.4 is 0 Å². The monoisotopic (exact) mass is 548 g/mol. The summed E-state index contributed by atoms with van der Waals surface area (Å²) in [4.78, 5) is 24.9. The Labute approximate surface area is 237 Å². The number of ether oxygens (including phenoxy) is 2. The minimum Gasteiger partial charge on any atom is -0.462 e. The van der Waals surface area contributed by atoms with Crippen LogP contribution in [0.2, 0.25) is 0 Å². The zero-order valence-corrected chi connectivity index (χ0v) is 25.9. The van der Waals surface area contributed by atoms with E-state index in [1.807, 2.05) is 34.6 Å². The van der Waals surface area contributed by atoms with Crippen molar-refractivity contribution in [2.75, 3.05) is 0 Å². The largest absolute Gasteiger partial charge is 0.462 e. The smallest absolute Gasteiger partial charge is 0.308 e. The minimum absolute atomic E-state index is 0.0475. The Morgan fingerprint density at radius 2 is 1.69 bits per heavy atom.